The van der Waals surface area contributed by atoms with Crippen LogP contribution >= 0.6 is 0 Å². The quantitative estimate of drug-likeness (QED) is 0.219. The highest BCUT2D eigenvalue weighted by Gasteiger charge is 2.39. The SMILES string of the molecule is CC1C=C(N(c2ccc(-c3ccccc3)cc2)c2cccc3c2C(C)(C)c2ccccc2-3)C=CC1c1ccccc1. The van der Waals surface area contributed by atoms with Crippen molar-refractivity contribution in [1.29, 1.82) is 0 Å². The van der Waals surface area contributed by atoms with Gasteiger partial charge in [0.15, 0.2) is 0 Å². The summed E-state index contributed by atoms with van der Waals surface area (Å²) in [6.07, 6.45) is 7.18. The average molecular weight is 530 g/mol. The molecule has 2 aliphatic carbocycles. The van der Waals surface area contributed by atoms with Crippen molar-refractivity contribution < 1.29 is 0 Å². The normalized spacial score (nSPS) is 18.4. The Balaban J connectivity index is 1.37. The van der Waals surface area contributed by atoms with Gasteiger partial charge >= 0.3 is 0 Å². The van der Waals surface area contributed by atoms with Gasteiger partial charge in [0.1, 0.15) is 0 Å². The Morgan fingerprint density at radius 1 is 0.610 bits per heavy atom. The number of benzene rings is 5. The molecule has 1 nitrogen and oxygen atoms in total. The van der Waals surface area contributed by atoms with Crippen molar-refractivity contribution in [2.45, 2.75) is 32.1 Å². The molecule has 41 heavy (non-hydrogen) atoms. The number of anilines is 2. The van der Waals surface area contributed by atoms with E-state index in [4.69, 9.17) is 0 Å². The fourth-order valence-electron chi connectivity index (χ4n) is 6.91. The first kappa shape index (κ1) is 25.4. The Morgan fingerprint density at radius 2 is 1.24 bits per heavy atom. The maximum atomic E-state index is 2.48. The molecule has 0 spiro atoms. The molecule has 0 saturated carbocycles. The van der Waals surface area contributed by atoms with Crippen LogP contribution in [0.15, 0.2) is 151 Å². The van der Waals surface area contributed by atoms with Gasteiger partial charge in [-0.1, -0.05) is 142 Å². The standard InChI is InChI=1S/C40H35N/c1-28-27-33(25-26-34(28)31-15-8-5-9-16-31)41(32-23-21-30(22-24-32)29-13-6-4-7-14-29)38-20-12-18-36-35-17-10-11-19-37(35)40(2,3)39(36)38/h4-28,34H,1-3H3. The lowest BCUT2D eigenvalue weighted by Crippen LogP contribution is -2.24. The van der Waals surface area contributed by atoms with Crippen LogP contribution in [0.1, 0.15) is 43.4 Å². The van der Waals surface area contributed by atoms with E-state index in [0.717, 1.165) is 0 Å². The summed E-state index contributed by atoms with van der Waals surface area (Å²) < 4.78 is 0. The number of hydrogen-bond donors (Lipinski definition) is 0. The second-order valence-electron chi connectivity index (χ2n) is 11.9. The van der Waals surface area contributed by atoms with Crippen molar-refractivity contribution >= 4 is 11.4 Å². The smallest absolute Gasteiger partial charge is 0.0508 e. The van der Waals surface area contributed by atoms with Gasteiger partial charge in [-0.15, -0.1) is 0 Å². The van der Waals surface area contributed by atoms with Crippen molar-refractivity contribution in [3.63, 3.8) is 0 Å². The summed E-state index contributed by atoms with van der Waals surface area (Å²) in [4.78, 5) is 2.48. The maximum absolute atomic E-state index is 2.48. The van der Waals surface area contributed by atoms with Crippen LogP contribution in [0.4, 0.5) is 11.4 Å². The van der Waals surface area contributed by atoms with Crippen molar-refractivity contribution in [1.82, 2.24) is 0 Å². The molecule has 0 amide bonds. The zero-order chi connectivity index (χ0) is 28.0. The van der Waals surface area contributed by atoms with E-state index in [1.54, 1.807) is 0 Å². The number of fused-ring (bicyclic) bond motifs is 3. The summed E-state index contributed by atoms with van der Waals surface area (Å²) in [5.74, 6) is 0.731. The van der Waals surface area contributed by atoms with Crippen molar-refractivity contribution in [2.75, 3.05) is 4.90 Å². The first-order chi connectivity index (χ1) is 20.0. The van der Waals surface area contributed by atoms with Gasteiger partial charge in [-0.3, -0.25) is 0 Å². The summed E-state index contributed by atoms with van der Waals surface area (Å²) >= 11 is 0. The Hall–Kier alpha value is -4.62. The molecular formula is C40H35N. The topological polar surface area (TPSA) is 3.24 Å². The molecule has 1 heteroatoms. The molecule has 0 radical (unpaired) electrons. The van der Waals surface area contributed by atoms with E-state index in [0.29, 0.717) is 11.8 Å². The molecule has 0 N–H and O–H groups in total. The van der Waals surface area contributed by atoms with Crippen LogP contribution in [-0.2, 0) is 5.41 Å². The number of rotatable bonds is 5. The van der Waals surface area contributed by atoms with E-state index < -0.39 is 0 Å². The Labute approximate surface area is 244 Å². The van der Waals surface area contributed by atoms with E-state index in [-0.39, 0.29) is 5.41 Å². The van der Waals surface area contributed by atoms with E-state index in [1.807, 2.05) is 0 Å². The van der Waals surface area contributed by atoms with Gasteiger partial charge in [0.25, 0.3) is 0 Å². The Morgan fingerprint density at radius 3 is 1.98 bits per heavy atom. The lowest BCUT2D eigenvalue weighted by molar-refractivity contribution is 0.627. The fraction of sp³-hybridized carbons (Fsp3) is 0.150. The molecule has 0 fully saturated rings. The number of hydrogen-bond acceptors (Lipinski definition) is 1. The molecule has 7 rings (SSSR count). The lowest BCUT2D eigenvalue weighted by Gasteiger charge is -2.35. The third kappa shape index (κ3) is 4.33. The molecule has 2 unspecified atom stereocenters. The Kier molecular flexibility index (Phi) is 6.24. The monoisotopic (exact) mass is 529 g/mol. The van der Waals surface area contributed by atoms with Crippen molar-refractivity contribution in [3.05, 3.63) is 168 Å². The molecule has 0 aromatic heterocycles. The zero-order valence-corrected chi connectivity index (χ0v) is 24.0. The van der Waals surface area contributed by atoms with Crippen LogP contribution in [0.3, 0.4) is 0 Å². The van der Waals surface area contributed by atoms with Crippen LogP contribution < -0.4 is 4.90 Å². The maximum Gasteiger partial charge on any atom is 0.0508 e. The molecule has 0 bridgehead atoms. The average Bonchev–Trinajstić information content (AvgIpc) is 3.26. The second kappa shape index (κ2) is 10.1. The molecule has 0 saturated heterocycles. The van der Waals surface area contributed by atoms with Gasteiger partial charge in [-0.25, -0.2) is 0 Å². The third-order valence-electron chi connectivity index (χ3n) is 8.95. The molecule has 0 heterocycles. The van der Waals surface area contributed by atoms with Crippen LogP contribution in [-0.4, -0.2) is 0 Å². The molecule has 5 aromatic carbocycles. The first-order valence-corrected chi connectivity index (χ1v) is 14.7. The van der Waals surface area contributed by atoms with Crippen LogP contribution in [0.5, 0.6) is 0 Å². The van der Waals surface area contributed by atoms with E-state index >= 15 is 0 Å². The van der Waals surface area contributed by atoms with Crippen LogP contribution in [0.2, 0.25) is 0 Å². The van der Waals surface area contributed by atoms with Crippen LogP contribution in [0, 0.1) is 5.92 Å². The van der Waals surface area contributed by atoms with Crippen molar-refractivity contribution in [3.8, 4) is 22.3 Å². The van der Waals surface area contributed by atoms with Gasteiger partial charge in [-0.05, 0) is 69.1 Å². The minimum absolute atomic E-state index is 0.109. The first-order valence-electron chi connectivity index (χ1n) is 14.7. The second-order valence-corrected chi connectivity index (χ2v) is 11.9. The van der Waals surface area contributed by atoms with Gasteiger partial charge in [0, 0.05) is 22.7 Å². The van der Waals surface area contributed by atoms with Gasteiger partial charge < -0.3 is 4.90 Å². The summed E-state index contributed by atoms with van der Waals surface area (Å²) in [6.45, 7) is 7.08. The minimum Gasteiger partial charge on any atom is -0.310 e. The summed E-state index contributed by atoms with van der Waals surface area (Å²) in [5, 5.41) is 0. The van der Waals surface area contributed by atoms with Gasteiger partial charge in [0.05, 0.1) is 5.69 Å². The highest BCUT2D eigenvalue weighted by Crippen LogP contribution is 2.54. The highest BCUT2D eigenvalue weighted by atomic mass is 15.2. The molecule has 5 aromatic rings. The highest BCUT2D eigenvalue weighted by molar-refractivity contribution is 5.89. The molecule has 2 aliphatic rings. The Bertz CT molecular complexity index is 1760. The van der Waals surface area contributed by atoms with Crippen molar-refractivity contribution in [2.24, 2.45) is 5.92 Å². The molecular weight excluding hydrogens is 494 g/mol. The summed E-state index contributed by atoms with van der Waals surface area (Å²) in [5.41, 5.74) is 12.8. The van der Waals surface area contributed by atoms with E-state index in [2.05, 4.69) is 171 Å². The van der Waals surface area contributed by atoms with Gasteiger partial charge in [-0.2, -0.15) is 0 Å². The zero-order valence-electron chi connectivity index (χ0n) is 24.0. The predicted octanol–water partition coefficient (Wildman–Crippen LogP) is 10.7. The largest absolute Gasteiger partial charge is 0.310 e. The fourth-order valence-corrected chi connectivity index (χ4v) is 6.91. The van der Waals surface area contributed by atoms with Gasteiger partial charge in [0.2, 0.25) is 0 Å². The summed E-state index contributed by atoms with van der Waals surface area (Å²) in [6, 6.07) is 46.3. The molecule has 2 atom stereocenters. The summed E-state index contributed by atoms with van der Waals surface area (Å²) in [7, 11) is 0. The van der Waals surface area contributed by atoms with E-state index in [1.165, 1.54) is 56.0 Å². The number of allylic oxidation sites excluding steroid dienone is 3. The van der Waals surface area contributed by atoms with Crippen LogP contribution in [0.25, 0.3) is 22.3 Å². The minimum atomic E-state index is -0.109. The molecule has 0 aliphatic heterocycles. The molecule has 200 valence electrons. The van der Waals surface area contributed by atoms with E-state index in [9.17, 15) is 0 Å². The predicted molar refractivity (Wildman–Crippen MR) is 174 cm³/mol. The number of nitrogens with zero attached hydrogens (tertiary/aromatic N) is 1. The lowest BCUT2D eigenvalue weighted by atomic mass is 9.80. The third-order valence-corrected chi connectivity index (χ3v) is 8.95.